The normalized spacial score (nSPS) is 25.4. The van der Waals surface area contributed by atoms with Crippen LogP contribution in [0.1, 0.15) is 49.3 Å². The summed E-state index contributed by atoms with van der Waals surface area (Å²) in [4.78, 5) is 15.7. The zero-order valence-electron chi connectivity index (χ0n) is 17.7. The molecule has 0 amide bonds. The fraction of sp³-hybridized carbons (Fsp3) is 0.417. The second-order valence-electron chi connectivity index (χ2n) is 8.52. The fourth-order valence-corrected chi connectivity index (χ4v) is 4.65. The van der Waals surface area contributed by atoms with E-state index >= 15 is 0 Å². The van der Waals surface area contributed by atoms with Crippen molar-refractivity contribution in [2.45, 2.75) is 50.5 Å². The van der Waals surface area contributed by atoms with Gasteiger partial charge in [-0.05, 0) is 62.1 Å². The first-order valence-electron chi connectivity index (χ1n) is 10.4. The van der Waals surface area contributed by atoms with E-state index in [1.54, 1.807) is 32.1 Å². The molecule has 4 rings (SSSR count). The van der Waals surface area contributed by atoms with Crippen LogP contribution < -0.4 is 4.74 Å². The number of aromatic nitrogens is 1. The van der Waals surface area contributed by atoms with Gasteiger partial charge in [0.1, 0.15) is 12.1 Å². The molecule has 0 radical (unpaired) electrons. The van der Waals surface area contributed by atoms with Crippen molar-refractivity contribution in [1.82, 2.24) is 4.98 Å². The number of hydrogen-bond acceptors (Lipinski definition) is 4. The van der Waals surface area contributed by atoms with Crippen molar-refractivity contribution >= 4 is 11.9 Å². The Bertz CT molecular complexity index is 1030. The summed E-state index contributed by atoms with van der Waals surface area (Å²) in [5.41, 5.74) is -0.255. The van der Waals surface area contributed by atoms with E-state index in [0.29, 0.717) is 18.4 Å². The number of carbonyl (C=O) groups is 1. The molecule has 0 N–H and O–H groups in total. The van der Waals surface area contributed by atoms with Crippen LogP contribution in [0.15, 0.2) is 42.6 Å². The van der Waals surface area contributed by atoms with E-state index in [9.17, 15) is 22.4 Å². The van der Waals surface area contributed by atoms with Crippen molar-refractivity contribution in [2.24, 2.45) is 5.92 Å². The third-order valence-electron chi connectivity index (χ3n) is 6.01. The number of nitrogens with zero attached hydrogens (tertiary/aromatic N) is 1. The number of rotatable bonds is 5. The van der Waals surface area contributed by atoms with Gasteiger partial charge in [0, 0.05) is 23.6 Å². The van der Waals surface area contributed by atoms with Crippen LogP contribution in [0.3, 0.4) is 0 Å². The molecule has 1 saturated carbocycles. The summed E-state index contributed by atoms with van der Waals surface area (Å²) < 4.78 is 65.4. The van der Waals surface area contributed by atoms with Gasteiger partial charge in [-0.1, -0.05) is 12.1 Å². The van der Waals surface area contributed by atoms with Gasteiger partial charge in [-0.2, -0.15) is 13.2 Å². The van der Waals surface area contributed by atoms with Crippen molar-refractivity contribution in [3.05, 3.63) is 65.1 Å². The molecular formula is C24H23F4NO3. The van der Waals surface area contributed by atoms with Crippen LogP contribution in [0.4, 0.5) is 17.6 Å². The Balaban J connectivity index is 1.79. The van der Waals surface area contributed by atoms with Gasteiger partial charge in [0.25, 0.3) is 0 Å². The Kier molecular flexibility index (Phi) is 5.83. The van der Waals surface area contributed by atoms with Gasteiger partial charge in [-0.15, -0.1) is 0 Å². The number of halogens is 4. The second kappa shape index (κ2) is 8.31. The van der Waals surface area contributed by atoms with Gasteiger partial charge in [0.15, 0.2) is 0 Å². The minimum absolute atomic E-state index is 0.0563. The summed E-state index contributed by atoms with van der Waals surface area (Å²) in [6, 6.07) is 6.93. The van der Waals surface area contributed by atoms with Crippen LogP contribution in [0.25, 0.3) is 5.57 Å². The lowest BCUT2D eigenvalue weighted by atomic mass is 9.80. The second-order valence-corrected chi connectivity index (χ2v) is 8.52. The van der Waals surface area contributed by atoms with Gasteiger partial charge in [0.2, 0.25) is 5.88 Å². The molecule has 2 heterocycles. The minimum Gasteiger partial charge on any atom is -0.475 e. The van der Waals surface area contributed by atoms with Gasteiger partial charge in [0.05, 0.1) is 23.9 Å². The molecule has 170 valence electrons. The summed E-state index contributed by atoms with van der Waals surface area (Å²) >= 11 is 0. The van der Waals surface area contributed by atoms with Crippen LogP contribution in [-0.2, 0) is 15.7 Å². The molecular weight excluding hydrogens is 426 g/mol. The molecule has 2 aliphatic rings. The van der Waals surface area contributed by atoms with Gasteiger partial charge < -0.3 is 14.3 Å². The summed E-state index contributed by atoms with van der Waals surface area (Å²) in [5, 5.41) is 0. The third-order valence-corrected chi connectivity index (χ3v) is 6.01. The first kappa shape index (κ1) is 22.5. The molecule has 1 aromatic heterocycles. The molecule has 1 aliphatic heterocycles. The standard InChI is InChI=1S/C24H23F4NO3/c1-14(2)32-22-20(9-18(11-29-22)24(26,27)28)17-10-23(31-13-17)8-7-16(12-30)21(23)15-3-5-19(25)6-4-15/h3-6,9-12,14,16,21H,7-8,13H2,1-2H3. The van der Waals surface area contributed by atoms with Crippen molar-refractivity contribution in [3.63, 3.8) is 0 Å². The maximum Gasteiger partial charge on any atom is 0.417 e. The highest BCUT2D eigenvalue weighted by molar-refractivity contribution is 5.74. The van der Waals surface area contributed by atoms with Crippen LogP contribution in [0, 0.1) is 11.7 Å². The molecule has 4 nitrogen and oxygen atoms in total. The molecule has 0 bridgehead atoms. The number of alkyl halides is 3. The number of carbonyl (C=O) groups excluding carboxylic acids is 1. The predicted octanol–water partition coefficient (Wildman–Crippen LogP) is 5.57. The molecule has 1 aliphatic carbocycles. The minimum atomic E-state index is -4.55. The quantitative estimate of drug-likeness (QED) is 0.442. The Morgan fingerprint density at radius 3 is 2.59 bits per heavy atom. The van der Waals surface area contributed by atoms with E-state index < -0.39 is 23.2 Å². The van der Waals surface area contributed by atoms with E-state index in [2.05, 4.69) is 4.98 Å². The van der Waals surface area contributed by atoms with Gasteiger partial charge >= 0.3 is 6.18 Å². The van der Waals surface area contributed by atoms with Crippen molar-refractivity contribution < 1.29 is 31.8 Å². The lowest BCUT2D eigenvalue weighted by Crippen LogP contribution is -2.32. The largest absolute Gasteiger partial charge is 0.475 e. The first-order valence-corrected chi connectivity index (χ1v) is 10.4. The van der Waals surface area contributed by atoms with E-state index in [-0.39, 0.29) is 36.0 Å². The van der Waals surface area contributed by atoms with Gasteiger partial charge in [-0.25, -0.2) is 9.37 Å². The zero-order valence-corrected chi connectivity index (χ0v) is 17.7. The first-order chi connectivity index (χ1) is 15.1. The van der Waals surface area contributed by atoms with E-state index in [1.165, 1.54) is 12.1 Å². The van der Waals surface area contributed by atoms with Crippen LogP contribution >= 0.6 is 0 Å². The topological polar surface area (TPSA) is 48.4 Å². The lowest BCUT2D eigenvalue weighted by Gasteiger charge is -2.31. The number of hydrogen-bond donors (Lipinski definition) is 0. The highest BCUT2D eigenvalue weighted by Crippen LogP contribution is 2.53. The summed E-state index contributed by atoms with van der Waals surface area (Å²) in [5.74, 6) is -1.01. The molecule has 3 unspecified atom stereocenters. The predicted molar refractivity (Wildman–Crippen MR) is 110 cm³/mol. The average Bonchev–Trinajstić information content (AvgIpc) is 3.32. The molecule has 32 heavy (non-hydrogen) atoms. The molecule has 8 heteroatoms. The molecule has 0 saturated heterocycles. The van der Waals surface area contributed by atoms with E-state index in [0.717, 1.165) is 24.1 Å². The summed E-state index contributed by atoms with van der Waals surface area (Å²) in [6.45, 7) is 3.58. The van der Waals surface area contributed by atoms with Gasteiger partial charge in [-0.3, -0.25) is 0 Å². The maximum atomic E-state index is 13.5. The fourth-order valence-electron chi connectivity index (χ4n) is 4.65. The number of pyridine rings is 1. The number of benzene rings is 1. The third kappa shape index (κ3) is 4.16. The van der Waals surface area contributed by atoms with Crippen molar-refractivity contribution in [3.8, 4) is 5.88 Å². The Labute approximate surface area is 183 Å². The molecule has 1 fully saturated rings. The van der Waals surface area contributed by atoms with E-state index in [4.69, 9.17) is 9.47 Å². The number of aldehydes is 1. The smallest absolute Gasteiger partial charge is 0.417 e. The van der Waals surface area contributed by atoms with Crippen molar-refractivity contribution in [2.75, 3.05) is 6.61 Å². The van der Waals surface area contributed by atoms with Crippen LogP contribution in [0.2, 0.25) is 0 Å². The molecule has 3 atom stereocenters. The van der Waals surface area contributed by atoms with Crippen LogP contribution in [-0.4, -0.2) is 29.6 Å². The highest BCUT2D eigenvalue weighted by Gasteiger charge is 2.51. The molecule has 2 aromatic rings. The Morgan fingerprint density at radius 2 is 1.97 bits per heavy atom. The lowest BCUT2D eigenvalue weighted by molar-refractivity contribution is -0.137. The monoisotopic (exact) mass is 449 g/mol. The number of ether oxygens (including phenoxy) is 2. The highest BCUT2D eigenvalue weighted by atomic mass is 19.4. The SMILES string of the molecule is CC(C)Oc1ncc(C(F)(F)F)cc1C1=CC2(CCC(C=O)C2c2ccc(F)cc2)OC1. The van der Waals surface area contributed by atoms with Crippen molar-refractivity contribution in [1.29, 1.82) is 0 Å². The van der Waals surface area contributed by atoms with Crippen LogP contribution in [0.5, 0.6) is 5.88 Å². The van der Waals surface area contributed by atoms with E-state index in [1.807, 2.05) is 0 Å². The maximum absolute atomic E-state index is 13.5. The summed E-state index contributed by atoms with van der Waals surface area (Å²) in [7, 11) is 0. The zero-order chi connectivity index (χ0) is 23.1. The Morgan fingerprint density at radius 1 is 1.25 bits per heavy atom. The Hall–Kier alpha value is -2.74. The molecule has 1 spiro atoms. The summed E-state index contributed by atoms with van der Waals surface area (Å²) in [6.07, 6.45) is -0.325. The molecule has 1 aromatic carbocycles. The average molecular weight is 449 g/mol.